The monoisotopic (exact) mass is 255 g/mol. The van der Waals surface area contributed by atoms with Gasteiger partial charge >= 0.3 is 0 Å². The van der Waals surface area contributed by atoms with Gasteiger partial charge in [-0.3, -0.25) is 4.79 Å². The fourth-order valence-electron chi connectivity index (χ4n) is 2.52. The maximum absolute atomic E-state index is 12.9. The van der Waals surface area contributed by atoms with Gasteiger partial charge in [0, 0.05) is 5.69 Å². The Hall–Kier alpha value is -2.16. The van der Waals surface area contributed by atoms with Gasteiger partial charge in [-0.05, 0) is 42.2 Å². The summed E-state index contributed by atoms with van der Waals surface area (Å²) in [7, 11) is 0. The lowest BCUT2D eigenvalue weighted by molar-refractivity contribution is -0.117. The third kappa shape index (κ3) is 2.36. The maximum Gasteiger partial charge on any atom is 0.231 e. The molecule has 1 heterocycles. The van der Waals surface area contributed by atoms with E-state index in [0.717, 1.165) is 29.7 Å². The molecule has 0 saturated carbocycles. The number of hydrogen-bond acceptors (Lipinski definition) is 1. The standard InChI is InChI=1S/C16H14FNO/c17-13-8-5-11(6-9-13)14-10-7-12-3-1-2-4-15(12)18-16(14)19/h1-6,8-9,14H,7,10H2,(H,18,19). The molecule has 1 amide bonds. The fourth-order valence-corrected chi connectivity index (χ4v) is 2.52. The van der Waals surface area contributed by atoms with E-state index in [-0.39, 0.29) is 17.6 Å². The number of amides is 1. The smallest absolute Gasteiger partial charge is 0.231 e. The van der Waals surface area contributed by atoms with Crippen molar-refractivity contribution >= 4 is 11.6 Å². The molecule has 96 valence electrons. The van der Waals surface area contributed by atoms with Crippen LogP contribution in [0.25, 0.3) is 0 Å². The number of carbonyl (C=O) groups excluding carboxylic acids is 1. The van der Waals surface area contributed by atoms with E-state index in [2.05, 4.69) is 5.32 Å². The quantitative estimate of drug-likeness (QED) is 0.830. The Bertz CT molecular complexity index is 606. The summed E-state index contributed by atoms with van der Waals surface area (Å²) in [4.78, 5) is 12.3. The van der Waals surface area contributed by atoms with Gasteiger partial charge in [-0.2, -0.15) is 0 Å². The Morgan fingerprint density at radius 1 is 1.05 bits per heavy atom. The zero-order valence-corrected chi connectivity index (χ0v) is 10.4. The van der Waals surface area contributed by atoms with Crippen LogP contribution < -0.4 is 5.32 Å². The largest absolute Gasteiger partial charge is 0.325 e. The third-order valence-electron chi connectivity index (χ3n) is 3.57. The number of halogens is 1. The van der Waals surface area contributed by atoms with Gasteiger partial charge in [0.15, 0.2) is 0 Å². The number of benzene rings is 2. The average molecular weight is 255 g/mol. The fraction of sp³-hybridized carbons (Fsp3) is 0.188. The van der Waals surface area contributed by atoms with E-state index in [4.69, 9.17) is 0 Å². The Balaban J connectivity index is 1.90. The van der Waals surface area contributed by atoms with Crippen LogP contribution in [0, 0.1) is 5.82 Å². The number of carbonyl (C=O) groups is 1. The first-order valence-corrected chi connectivity index (χ1v) is 6.38. The molecular weight excluding hydrogens is 241 g/mol. The molecule has 1 aliphatic rings. The highest BCUT2D eigenvalue weighted by Crippen LogP contribution is 2.30. The van der Waals surface area contributed by atoms with E-state index in [0.29, 0.717) is 0 Å². The molecule has 2 aromatic rings. The Morgan fingerprint density at radius 2 is 1.79 bits per heavy atom. The van der Waals surface area contributed by atoms with Crippen molar-refractivity contribution in [1.82, 2.24) is 0 Å². The molecule has 3 rings (SSSR count). The van der Waals surface area contributed by atoms with Crippen molar-refractivity contribution in [3.8, 4) is 0 Å². The molecule has 0 radical (unpaired) electrons. The minimum Gasteiger partial charge on any atom is -0.325 e. The third-order valence-corrected chi connectivity index (χ3v) is 3.57. The molecule has 19 heavy (non-hydrogen) atoms. The molecule has 1 unspecified atom stereocenters. The van der Waals surface area contributed by atoms with Crippen molar-refractivity contribution in [3.05, 3.63) is 65.5 Å². The predicted octanol–water partition coefficient (Wildman–Crippen LogP) is 3.49. The van der Waals surface area contributed by atoms with Crippen molar-refractivity contribution in [2.75, 3.05) is 5.32 Å². The van der Waals surface area contributed by atoms with Crippen LogP contribution in [-0.2, 0) is 11.2 Å². The summed E-state index contributed by atoms with van der Waals surface area (Å²) in [6.45, 7) is 0. The lowest BCUT2D eigenvalue weighted by Gasteiger charge is -2.13. The van der Waals surface area contributed by atoms with Crippen LogP contribution in [0.15, 0.2) is 48.5 Å². The van der Waals surface area contributed by atoms with Gasteiger partial charge in [0.05, 0.1) is 5.92 Å². The van der Waals surface area contributed by atoms with Gasteiger partial charge in [0.2, 0.25) is 5.91 Å². The lowest BCUT2D eigenvalue weighted by atomic mass is 9.93. The predicted molar refractivity (Wildman–Crippen MR) is 72.5 cm³/mol. The Kier molecular flexibility index (Phi) is 3.03. The zero-order valence-electron chi connectivity index (χ0n) is 10.4. The first kappa shape index (κ1) is 11.9. The average Bonchev–Trinajstić information content (AvgIpc) is 2.58. The molecule has 1 aliphatic heterocycles. The summed E-state index contributed by atoms with van der Waals surface area (Å²) in [6.07, 6.45) is 1.59. The van der Waals surface area contributed by atoms with Crippen molar-refractivity contribution in [3.63, 3.8) is 0 Å². The molecule has 3 heteroatoms. The van der Waals surface area contributed by atoms with Crippen molar-refractivity contribution in [2.24, 2.45) is 0 Å². The Morgan fingerprint density at radius 3 is 2.58 bits per heavy atom. The number of para-hydroxylation sites is 1. The molecule has 2 nitrogen and oxygen atoms in total. The summed E-state index contributed by atoms with van der Waals surface area (Å²) in [5.74, 6) is -0.509. The van der Waals surface area contributed by atoms with Crippen LogP contribution in [0.3, 0.4) is 0 Å². The van der Waals surface area contributed by atoms with Gasteiger partial charge in [-0.25, -0.2) is 4.39 Å². The maximum atomic E-state index is 12.9. The zero-order chi connectivity index (χ0) is 13.2. The van der Waals surface area contributed by atoms with E-state index in [1.807, 2.05) is 24.3 Å². The summed E-state index contributed by atoms with van der Waals surface area (Å²) in [5.41, 5.74) is 2.91. The second-order valence-electron chi connectivity index (χ2n) is 4.79. The number of nitrogens with one attached hydrogen (secondary N) is 1. The molecule has 0 aromatic heterocycles. The van der Waals surface area contributed by atoms with E-state index in [1.165, 1.54) is 12.1 Å². The van der Waals surface area contributed by atoms with Crippen molar-refractivity contribution in [2.45, 2.75) is 18.8 Å². The topological polar surface area (TPSA) is 29.1 Å². The van der Waals surface area contributed by atoms with Crippen molar-refractivity contribution in [1.29, 1.82) is 0 Å². The highest BCUT2D eigenvalue weighted by Gasteiger charge is 2.24. The number of rotatable bonds is 1. The second kappa shape index (κ2) is 4.84. The molecule has 0 fully saturated rings. The first-order valence-electron chi connectivity index (χ1n) is 6.38. The molecular formula is C16H14FNO. The molecule has 0 saturated heterocycles. The Labute approximate surface area is 111 Å². The number of hydrogen-bond donors (Lipinski definition) is 1. The molecule has 0 bridgehead atoms. The molecule has 2 aromatic carbocycles. The van der Waals surface area contributed by atoms with E-state index in [9.17, 15) is 9.18 Å². The molecule has 0 spiro atoms. The van der Waals surface area contributed by atoms with E-state index >= 15 is 0 Å². The highest BCUT2D eigenvalue weighted by atomic mass is 19.1. The summed E-state index contributed by atoms with van der Waals surface area (Å²) >= 11 is 0. The highest BCUT2D eigenvalue weighted by molar-refractivity contribution is 5.97. The van der Waals surface area contributed by atoms with E-state index < -0.39 is 0 Å². The van der Waals surface area contributed by atoms with Crippen LogP contribution in [0.2, 0.25) is 0 Å². The van der Waals surface area contributed by atoms with Gasteiger partial charge in [0.1, 0.15) is 5.82 Å². The minimum atomic E-state index is -0.277. The van der Waals surface area contributed by atoms with Gasteiger partial charge in [-0.15, -0.1) is 0 Å². The van der Waals surface area contributed by atoms with Crippen LogP contribution in [-0.4, -0.2) is 5.91 Å². The van der Waals surface area contributed by atoms with Crippen LogP contribution >= 0.6 is 0 Å². The number of aryl methyl sites for hydroxylation is 1. The van der Waals surface area contributed by atoms with Crippen molar-refractivity contribution < 1.29 is 9.18 Å². The van der Waals surface area contributed by atoms with Crippen LogP contribution in [0.5, 0.6) is 0 Å². The minimum absolute atomic E-state index is 0.0171. The lowest BCUT2D eigenvalue weighted by Crippen LogP contribution is -2.19. The van der Waals surface area contributed by atoms with Crippen LogP contribution in [0.4, 0.5) is 10.1 Å². The summed E-state index contributed by atoms with van der Waals surface area (Å²) in [6, 6.07) is 14.0. The summed E-state index contributed by atoms with van der Waals surface area (Å²) < 4.78 is 12.9. The second-order valence-corrected chi connectivity index (χ2v) is 4.79. The molecule has 1 atom stereocenters. The first-order chi connectivity index (χ1) is 9.24. The normalized spacial score (nSPS) is 18.4. The van der Waals surface area contributed by atoms with Crippen LogP contribution in [0.1, 0.15) is 23.5 Å². The SMILES string of the molecule is O=C1Nc2ccccc2CCC1c1ccc(F)cc1. The van der Waals surface area contributed by atoms with Gasteiger partial charge in [0.25, 0.3) is 0 Å². The molecule has 1 N–H and O–H groups in total. The molecule has 0 aliphatic carbocycles. The van der Waals surface area contributed by atoms with E-state index in [1.54, 1.807) is 12.1 Å². The van der Waals surface area contributed by atoms with Gasteiger partial charge < -0.3 is 5.32 Å². The number of anilines is 1. The van der Waals surface area contributed by atoms with Gasteiger partial charge in [-0.1, -0.05) is 30.3 Å². The summed E-state index contributed by atoms with van der Waals surface area (Å²) in [5, 5.41) is 2.95. The number of fused-ring (bicyclic) bond motifs is 1.